The zero-order chi connectivity index (χ0) is 19.6. The quantitative estimate of drug-likeness (QED) is 0.398. The molecule has 0 radical (unpaired) electrons. The van der Waals surface area contributed by atoms with E-state index in [1.807, 2.05) is 7.11 Å². The van der Waals surface area contributed by atoms with E-state index in [9.17, 15) is 4.79 Å². The summed E-state index contributed by atoms with van der Waals surface area (Å²) in [4.78, 5) is 12.2. The van der Waals surface area contributed by atoms with Crippen molar-refractivity contribution >= 4 is 29.0 Å². The lowest BCUT2D eigenvalue weighted by Crippen LogP contribution is -2.55. The fourth-order valence-corrected chi connectivity index (χ4v) is 9.02. The zero-order valence-corrected chi connectivity index (χ0v) is 18.7. The SMILES string of the molecule is CO[C@H]1CC[C@@]2(C)C(=CCC3C2CC[C@@]2(C)C3CC[C@@]2(C(C)=O)C(Cl)Cl)C1. The molecule has 4 aliphatic rings. The van der Waals surface area contributed by atoms with Crippen LogP contribution in [0.2, 0.25) is 0 Å². The van der Waals surface area contributed by atoms with Crippen molar-refractivity contribution in [2.24, 2.45) is 34.0 Å². The van der Waals surface area contributed by atoms with Gasteiger partial charge in [-0.25, -0.2) is 0 Å². The second-order valence-electron chi connectivity index (χ2n) is 10.2. The molecule has 0 bridgehead atoms. The summed E-state index contributed by atoms with van der Waals surface area (Å²) in [5.74, 6) is 2.12. The number of fused-ring (bicyclic) bond motifs is 5. The van der Waals surface area contributed by atoms with Gasteiger partial charge < -0.3 is 4.74 Å². The number of rotatable bonds is 3. The van der Waals surface area contributed by atoms with Crippen LogP contribution >= 0.6 is 23.2 Å². The number of methoxy groups -OCH3 is 1. The van der Waals surface area contributed by atoms with Crippen molar-refractivity contribution < 1.29 is 9.53 Å². The summed E-state index contributed by atoms with van der Waals surface area (Å²) in [5, 5.41) is 0. The average molecular weight is 413 g/mol. The van der Waals surface area contributed by atoms with Crippen LogP contribution in [0.1, 0.15) is 72.1 Å². The molecular weight excluding hydrogens is 379 g/mol. The standard InChI is InChI=1S/C23H34Cl2O2/c1-14(26)23(20(24)25)12-9-19-17-6-5-15-13-16(27-4)7-10-21(15,2)18(17)8-11-22(19,23)3/h5,16-20H,6-13H2,1-4H3/t16-,17?,18?,19?,21-,22-,23+/m0/s1. The highest BCUT2D eigenvalue weighted by Crippen LogP contribution is 2.71. The summed E-state index contributed by atoms with van der Waals surface area (Å²) in [6.45, 7) is 6.54. The first-order valence-corrected chi connectivity index (χ1v) is 11.6. The van der Waals surface area contributed by atoms with Gasteiger partial charge in [0.25, 0.3) is 0 Å². The number of hydrogen-bond donors (Lipinski definition) is 0. The van der Waals surface area contributed by atoms with Crippen LogP contribution in [-0.2, 0) is 9.53 Å². The molecule has 0 heterocycles. The van der Waals surface area contributed by atoms with Gasteiger partial charge in [0.1, 0.15) is 10.6 Å². The monoisotopic (exact) mass is 412 g/mol. The van der Waals surface area contributed by atoms with Gasteiger partial charge in [-0.15, -0.1) is 23.2 Å². The Bertz CT molecular complexity index is 659. The Morgan fingerprint density at radius 2 is 1.85 bits per heavy atom. The number of halogens is 2. The van der Waals surface area contributed by atoms with E-state index in [1.54, 1.807) is 12.5 Å². The number of alkyl halides is 2. The highest BCUT2D eigenvalue weighted by molar-refractivity contribution is 6.46. The van der Waals surface area contributed by atoms with E-state index >= 15 is 0 Å². The molecule has 4 aliphatic carbocycles. The van der Waals surface area contributed by atoms with E-state index in [0.717, 1.165) is 44.4 Å². The van der Waals surface area contributed by atoms with Gasteiger partial charge in [0, 0.05) is 7.11 Å². The molecule has 0 aromatic heterocycles. The average Bonchev–Trinajstić information content (AvgIpc) is 2.95. The van der Waals surface area contributed by atoms with E-state index < -0.39 is 10.3 Å². The van der Waals surface area contributed by atoms with Gasteiger partial charge in [0.2, 0.25) is 0 Å². The summed E-state index contributed by atoms with van der Waals surface area (Å²) in [5.41, 5.74) is 1.31. The number of Topliss-reactive ketones (excluding diaryl/α,β-unsaturated/α-hetero) is 1. The van der Waals surface area contributed by atoms with Crippen LogP contribution in [0.3, 0.4) is 0 Å². The maximum absolute atomic E-state index is 12.8. The number of carbonyl (C=O) groups excluding carboxylic acids is 1. The highest BCUT2D eigenvalue weighted by atomic mass is 35.5. The third-order valence-electron chi connectivity index (χ3n) is 9.65. The van der Waals surface area contributed by atoms with E-state index in [-0.39, 0.29) is 11.2 Å². The molecule has 3 fully saturated rings. The largest absolute Gasteiger partial charge is 0.381 e. The van der Waals surface area contributed by atoms with Crippen LogP contribution in [0.4, 0.5) is 0 Å². The minimum Gasteiger partial charge on any atom is -0.381 e. The molecule has 3 saturated carbocycles. The van der Waals surface area contributed by atoms with Crippen LogP contribution in [0, 0.1) is 34.0 Å². The van der Waals surface area contributed by atoms with Crippen molar-refractivity contribution in [2.45, 2.75) is 83.1 Å². The molecule has 2 nitrogen and oxygen atoms in total. The summed E-state index contributed by atoms with van der Waals surface area (Å²) >= 11 is 13.0. The van der Waals surface area contributed by atoms with Crippen molar-refractivity contribution in [2.75, 3.05) is 7.11 Å². The second kappa shape index (κ2) is 6.74. The van der Waals surface area contributed by atoms with Gasteiger partial charge in [-0.2, -0.15) is 0 Å². The first kappa shape index (κ1) is 20.2. The van der Waals surface area contributed by atoms with Gasteiger partial charge in [-0.05, 0) is 86.9 Å². The Labute approximate surface area is 174 Å². The molecule has 0 spiro atoms. The lowest BCUT2D eigenvalue weighted by molar-refractivity contribution is -0.138. The van der Waals surface area contributed by atoms with Crippen molar-refractivity contribution in [3.05, 3.63) is 11.6 Å². The number of allylic oxidation sites excluding steroid dienone is 1. The molecule has 4 heteroatoms. The molecule has 7 atom stereocenters. The van der Waals surface area contributed by atoms with Gasteiger partial charge in [0.15, 0.2) is 0 Å². The molecule has 0 aliphatic heterocycles. The maximum Gasteiger partial charge on any atom is 0.139 e. The minimum atomic E-state index is -0.607. The van der Waals surface area contributed by atoms with E-state index in [0.29, 0.717) is 23.4 Å². The molecule has 0 aromatic rings. The molecular formula is C23H34Cl2O2. The molecule has 152 valence electrons. The van der Waals surface area contributed by atoms with Crippen LogP contribution in [-0.4, -0.2) is 23.8 Å². The van der Waals surface area contributed by atoms with Gasteiger partial charge in [0.05, 0.1) is 11.5 Å². The summed E-state index contributed by atoms with van der Waals surface area (Å²) in [6, 6.07) is 0. The van der Waals surface area contributed by atoms with Crippen LogP contribution in [0.15, 0.2) is 11.6 Å². The first-order chi connectivity index (χ1) is 12.7. The van der Waals surface area contributed by atoms with E-state index in [1.165, 1.54) is 12.8 Å². The molecule has 0 saturated heterocycles. The summed E-state index contributed by atoms with van der Waals surface area (Å²) in [6.07, 6.45) is 11.8. The molecule has 0 N–H and O–H groups in total. The van der Waals surface area contributed by atoms with Crippen LogP contribution in [0.25, 0.3) is 0 Å². The lowest BCUT2D eigenvalue weighted by atomic mass is 9.45. The molecule has 27 heavy (non-hydrogen) atoms. The van der Waals surface area contributed by atoms with E-state index in [2.05, 4.69) is 19.9 Å². The Kier molecular flexibility index (Phi) is 5.05. The van der Waals surface area contributed by atoms with Crippen LogP contribution < -0.4 is 0 Å². The Hall–Kier alpha value is -0.0500. The normalized spacial score (nSPS) is 49.2. The third kappa shape index (κ3) is 2.58. The van der Waals surface area contributed by atoms with Crippen molar-refractivity contribution in [3.8, 4) is 0 Å². The fourth-order valence-electron chi connectivity index (χ4n) is 7.99. The molecule has 4 rings (SSSR count). The Balaban J connectivity index is 1.69. The van der Waals surface area contributed by atoms with Crippen molar-refractivity contribution in [1.29, 1.82) is 0 Å². The predicted octanol–water partition coefficient (Wildman–Crippen LogP) is 6.34. The number of ketones is 1. The second-order valence-corrected chi connectivity index (χ2v) is 11.3. The first-order valence-electron chi connectivity index (χ1n) is 10.7. The molecule has 0 amide bonds. The van der Waals surface area contributed by atoms with Crippen molar-refractivity contribution in [1.82, 2.24) is 0 Å². The van der Waals surface area contributed by atoms with Crippen molar-refractivity contribution in [3.63, 3.8) is 0 Å². The fraction of sp³-hybridized carbons (Fsp3) is 0.870. The number of ether oxygens (including phenoxy) is 1. The van der Waals surface area contributed by atoms with Gasteiger partial charge >= 0.3 is 0 Å². The van der Waals surface area contributed by atoms with Gasteiger partial charge in [-0.1, -0.05) is 25.5 Å². The third-order valence-corrected chi connectivity index (χ3v) is 10.4. The topological polar surface area (TPSA) is 26.3 Å². The maximum atomic E-state index is 12.8. The highest BCUT2D eigenvalue weighted by Gasteiger charge is 2.67. The lowest BCUT2D eigenvalue weighted by Gasteiger charge is -2.59. The Morgan fingerprint density at radius 1 is 1.15 bits per heavy atom. The minimum absolute atomic E-state index is 0.0698. The smallest absolute Gasteiger partial charge is 0.139 e. The predicted molar refractivity (Wildman–Crippen MR) is 111 cm³/mol. The summed E-state index contributed by atoms with van der Waals surface area (Å²) in [7, 11) is 1.85. The Morgan fingerprint density at radius 3 is 2.48 bits per heavy atom. The number of hydrogen-bond acceptors (Lipinski definition) is 2. The van der Waals surface area contributed by atoms with Gasteiger partial charge in [-0.3, -0.25) is 4.79 Å². The molecule has 3 unspecified atom stereocenters. The van der Waals surface area contributed by atoms with E-state index in [4.69, 9.17) is 27.9 Å². The molecule has 0 aromatic carbocycles. The summed E-state index contributed by atoms with van der Waals surface area (Å²) < 4.78 is 5.68. The zero-order valence-electron chi connectivity index (χ0n) is 17.2. The number of carbonyl (C=O) groups is 1. The van der Waals surface area contributed by atoms with Crippen LogP contribution in [0.5, 0.6) is 0 Å².